The largest absolute Gasteiger partial charge is 0.392 e. The van der Waals surface area contributed by atoms with Gasteiger partial charge in [-0.25, -0.2) is 0 Å². The molecule has 0 spiro atoms. The second kappa shape index (κ2) is 2.03. The highest BCUT2D eigenvalue weighted by Crippen LogP contribution is 2.63. The molecule has 3 fully saturated rings. The van der Waals surface area contributed by atoms with E-state index in [0.29, 0.717) is 0 Å². The lowest BCUT2D eigenvalue weighted by Crippen LogP contribution is -2.48. The Bertz CT molecular complexity index is 318. The van der Waals surface area contributed by atoms with Gasteiger partial charge in [-0.3, -0.25) is 9.59 Å². The van der Waals surface area contributed by atoms with Crippen molar-refractivity contribution in [1.29, 1.82) is 0 Å². The second-order valence-corrected chi connectivity index (χ2v) is 4.77. The van der Waals surface area contributed by atoms with Crippen LogP contribution in [0.2, 0.25) is 0 Å². The first-order chi connectivity index (χ1) is 6.51. The summed E-state index contributed by atoms with van der Waals surface area (Å²) in [7, 11) is 0. The van der Waals surface area contributed by atoms with Crippen LogP contribution >= 0.6 is 0 Å². The lowest BCUT2D eigenvalue weighted by Gasteiger charge is -2.34. The fourth-order valence-corrected chi connectivity index (χ4v) is 3.14. The van der Waals surface area contributed by atoms with Crippen LogP contribution in [0.3, 0.4) is 0 Å². The fraction of sp³-hybridized carbons (Fsp3) is 0.800. The number of carbonyl (C=O) groups is 2. The highest BCUT2D eigenvalue weighted by molar-refractivity contribution is 6.03. The number of ether oxygens (including phenoxy) is 2. The van der Waals surface area contributed by atoms with Crippen LogP contribution in [0.25, 0.3) is 0 Å². The molecule has 0 aromatic heterocycles. The van der Waals surface area contributed by atoms with Crippen LogP contribution in [0.1, 0.15) is 26.7 Å². The lowest BCUT2D eigenvalue weighted by atomic mass is 9.59. The molecule has 2 bridgehead atoms. The van der Waals surface area contributed by atoms with Crippen molar-refractivity contribution in [2.45, 2.75) is 38.9 Å². The van der Waals surface area contributed by atoms with E-state index in [2.05, 4.69) is 0 Å². The maximum atomic E-state index is 11.7. The van der Waals surface area contributed by atoms with Crippen molar-refractivity contribution in [3.63, 3.8) is 0 Å². The molecule has 4 nitrogen and oxygen atoms in total. The third-order valence-corrected chi connectivity index (χ3v) is 4.42. The second-order valence-electron chi connectivity index (χ2n) is 4.77. The normalized spacial score (nSPS) is 55.0. The highest BCUT2D eigenvalue weighted by atomic mass is 16.6. The minimum absolute atomic E-state index is 0.128. The molecule has 0 aromatic rings. The van der Waals surface area contributed by atoms with Gasteiger partial charge in [0.15, 0.2) is 0 Å². The molecule has 4 heteroatoms. The Morgan fingerprint density at radius 2 is 1.50 bits per heavy atom. The van der Waals surface area contributed by atoms with E-state index in [-0.39, 0.29) is 12.2 Å². The molecule has 0 aromatic carbocycles. The SMILES string of the molecule is C[C@@]12C(=O)OC(=O)[C@]1(C)[C@@H]1CC[C@H]2O1. The molecular weight excluding hydrogens is 184 g/mol. The van der Waals surface area contributed by atoms with Crippen LogP contribution in [-0.4, -0.2) is 24.1 Å². The number of hydrogen-bond acceptors (Lipinski definition) is 4. The Hall–Kier alpha value is -0.900. The van der Waals surface area contributed by atoms with E-state index < -0.39 is 22.8 Å². The smallest absolute Gasteiger partial charge is 0.323 e. The number of fused-ring (bicyclic) bond motifs is 5. The van der Waals surface area contributed by atoms with E-state index in [1.807, 2.05) is 0 Å². The van der Waals surface area contributed by atoms with E-state index in [9.17, 15) is 9.59 Å². The van der Waals surface area contributed by atoms with E-state index in [1.54, 1.807) is 13.8 Å². The van der Waals surface area contributed by atoms with Gasteiger partial charge < -0.3 is 9.47 Å². The molecule has 4 atom stereocenters. The number of cyclic esters (lactones) is 2. The topological polar surface area (TPSA) is 52.6 Å². The monoisotopic (exact) mass is 196 g/mol. The van der Waals surface area contributed by atoms with Crippen molar-refractivity contribution in [2.75, 3.05) is 0 Å². The summed E-state index contributed by atoms with van der Waals surface area (Å²) < 4.78 is 10.4. The first-order valence-corrected chi connectivity index (χ1v) is 4.93. The minimum atomic E-state index is -0.743. The Kier molecular flexibility index (Phi) is 1.22. The summed E-state index contributed by atoms with van der Waals surface area (Å²) in [6, 6.07) is 0. The molecule has 0 amide bonds. The van der Waals surface area contributed by atoms with Crippen LogP contribution in [0.15, 0.2) is 0 Å². The van der Waals surface area contributed by atoms with Gasteiger partial charge in [0.25, 0.3) is 0 Å². The van der Waals surface area contributed by atoms with Crippen molar-refractivity contribution >= 4 is 11.9 Å². The highest BCUT2D eigenvalue weighted by Gasteiger charge is 2.76. The molecule has 0 unspecified atom stereocenters. The van der Waals surface area contributed by atoms with Crippen LogP contribution in [0.5, 0.6) is 0 Å². The van der Waals surface area contributed by atoms with Crippen LogP contribution in [-0.2, 0) is 19.1 Å². The van der Waals surface area contributed by atoms with Gasteiger partial charge >= 0.3 is 11.9 Å². The molecule has 3 aliphatic rings. The summed E-state index contributed by atoms with van der Waals surface area (Å²) in [6.45, 7) is 3.59. The number of hydrogen-bond donors (Lipinski definition) is 0. The van der Waals surface area contributed by atoms with Crippen molar-refractivity contribution in [3.05, 3.63) is 0 Å². The number of esters is 2. The Balaban J connectivity index is 2.21. The maximum absolute atomic E-state index is 11.7. The zero-order chi connectivity index (χ0) is 10.1. The molecule has 14 heavy (non-hydrogen) atoms. The minimum Gasteiger partial charge on any atom is -0.392 e. The summed E-state index contributed by atoms with van der Waals surface area (Å²) in [5, 5.41) is 0. The third kappa shape index (κ3) is 0.557. The molecule has 3 rings (SSSR count). The fourth-order valence-electron chi connectivity index (χ4n) is 3.14. The van der Waals surface area contributed by atoms with Gasteiger partial charge in [0.2, 0.25) is 0 Å². The van der Waals surface area contributed by atoms with E-state index in [0.717, 1.165) is 12.8 Å². The third-order valence-electron chi connectivity index (χ3n) is 4.42. The number of rotatable bonds is 0. The molecule has 0 saturated carbocycles. The van der Waals surface area contributed by atoms with Gasteiger partial charge in [-0.05, 0) is 26.7 Å². The lowest BCUT2D eigenvalue weighted by molar-refractivity contribution is -0.159. The summed E-state index contributed by atoms with van der Waals surface area (Å²) in [4.78, 5) is 23.3. The summed E-state index contributed by atoms with van der Waals surface area (Å²) in [6.07, 6.45) is 1.46. The zero-order valence-electron chi connectivity index (χ0n) is 8.20. The van der Waals surface area contributed by atoms with E-state index in [4.69, 9.17) is 9.47 Å². The Labute approximate surface area is 81.6 Å². The Morgan fingerprint density at radius 3 is 1.93 bits per heavy atom. The van der Waals surface area contributed by atoms with Crippen molar-refractivity contribution in [1.82, 2.24) is 0 Å². The predicted molar refractivity (Wildman–Crippen MR) is 45.2 cm³/mol. The van der Waals surface area contributed by atoms with Gasteiger partial charge in [0, 0.05) is 0 Å². The quantitative estimate of drug-likeness (QED) is 0.421. The van der Waals surface area contributed by atoms with Crippen LogP contribution < -0.4 is 0 Å². The average Bonchev–Trinajstić information content (AvgIpc) is 2.73. The first kappa shape index (κ1) is 8.41. The molecule has 0 radical (unpaired) electrons. The number of carbonyl (C=O) groups excluding carboxylic acids is 2. The molecule has 3 heterocycles. The van der Waals surface area contributed by atoms with Crippen molar-refractivity contribution in [3.8, 4) is 0 Å². The molecular formula is C10H12O4. The van der Waals surface area contributed by atoms with Gasteiger partial charge in [-0.2, -0.15) is 0 Å². The summed E-state index contributed by atoms with van der Waals surface area (Å²) >= 11 is 0. The van der Waals surface area contributed by atoms with E-state index >= 15 is 0 Å². The molecule has 0 aliphatic carbocycles. The standard InChI is InChI=1S/C10H12O4/c1-9-5-3-4-6(13-5)10(9,2)8(12)14-7(9)11/h5-6H,3-4H2,1-2H3/t5-,6+,9-,10+. The van der Waals surface area contributed by atoms with Gasteiger partial charge in [0.1, 0.15) is 10.8 Å². The molecule has 3 aliphatic heterocycles. The molecule has 3 saturated heterocycles. The van der Waals surface area contributed by atoms with Crippen molar-refractivity contribution in [2.24, 2.45) is 10.8 Å². The van der Waals surface area contributed by atoms with Gasteiger partial charge in [0.05, 0.1) is 12.2 Å². The van der Waals surface area contributed by atoms with Gasteiger partial charge in [-0.1, -0.05) is 0 Å². The average molecular weight is 196 g/mol. The predicted octanol–water partition coefficient (Wildman–Crippen LogP) is 0.644. The molecule has 0 N–H and O–H groups in total. The van der Waals surface area contributed by atoms with Crippen LogP contribution in [0.4, 0.5) is 0 Å². The zero-order valence-corrected chi connectivity index (χ0v) is 8.20. The summed E-state index contributed by atoms with van der Waals surface area (Å²) in [5.41, 5.74) is -1.49. The maximum Gasteiger partial charge on any atom is 0.323 e. The Morgan fingerprint density at radius 1 is 1.07 bits per heavy atom. The molecule has 76 valence electrons. The van der Waals surface area contributed by atoms with Crippen molar-refractivity contribution < 1.29 is 19.1 Å². The van der Waals surface area contributed by atoms with Crippen LogP contribution in [0, 0.1) is 10.8 Å². The summed E-state index contributed by atoms with van der Waals surface area (Å²) in [5.74, 6) is -0.811. The van der Waals surface area contributed by atoms with E-state index in [1.165, 1.54) is 0 Å². The first-order valence-electron chi connectivity index (χ1n) is 4.93. The van der Waals surface area contributed by atoms with Gasteiger partial charge in [-0.15, -0.1) is 0 Å².